The fraction of sp³-hybridized carbons (Fsp3) is 0.231. The summed E-state index contributed by atoms with van der Waals surface area (Å²) < 4.78 is 11.8. The van der Waals surface area contributed by atoms with Crippen molar-refractivity contribution in [1.29, 1.82) is 0 Å². The van der Waals surface area contributed by atoms with Crippen molar-refractivity contribution in [3.05, 3.63) is 95.4 Å². The van der Waals surface area contributed by atoms with Crippen LogP contribution in [0.2, 0.25) is 0 Å². The number of amides is 1. The molecule has 0 aliphatic carbocycles. The number of benzene rings is 3. The molecule has 158 valence electrons. The predicted molar refractivity (Wildman–Crippen MR) is 121 cm³/mol. The number of carbonyl (C=O) groups is 1. The summed E-state index contributed by atoms with van der Waals surface area (Å²) in [5.74, 6) is 1.05. The normalized spacial score (nSPS) is 12.0. The Morgan fingerprint density at radius 1 is 0.968 bits per heavy atom. The Morgan fingerprint density at radius 2 is 1.68 bits per heavy atom. The van der Waals surface area contributed by atoms with E-state index in [4.69, 9.17) is 9.15 Å². The number of fused-ring (bicyclic) bond motifs is 1. The molecule has 0 saturated heterocycles. The SMILES string of the molecule is Cc1ccc(CN(Cc2nc3cc(C)ccc3o2)C(=O)C(C)Oc2ccccc2)cc1. The molecular formula is C26H26N2O3. The summed E-state index contributed by atoms with van der Waals surface area (Å²) in [5, 5.41) is 0. The van der Waals surface area contributed by atoms with Crippen LogP contribution in [0, 0.1) is 13.8 Å². The van der Waals surface area contributed by atoms with E-state index in [1.54, 1.807) is 11.8 Å². The van der Waals surface area contributed by atoms with Crippen LogP contribution in [-0.2, 0) is 17.9 Å². The second-order valence-electron chi connectivity index (χ2n) is 7.83. The van der Waals surface area contributed by atoms with Gasteiger partial charge in [0.05, 0.1) is 6.54 Å². The zero-order valence-electron chi connectivity index (χ0n) is 18.0. The van der Waals surface area contributed by atoms with Crippen molar-refractivity contribution >= 4 is 17.0 Å². The lowest BCUT2D eigenvalue weighted by molar-refractivity contribution is -0.139. The monoisotopic (exact) mass is 414 g/mol. The molecule has 1 unspecified atom stereocenters. The van der Waals surface area contributed by atoms with E-state index in [9.17, 15) is 4.79 Å². The summed E-state index contributed by atoms with van der Waals surface area (Å²) in [5.41, 5.74) is 4.85. The second kappa shape index (κ2) is 9.04. The van der Waals surface area contributed by atoms with Crippen molar-refractivity contribution in [3.63, 3.8) is 0 Å². The van der Waals surface area contributed by atoms with Gasteiger partial charge in [0.2, 0.25) is 5.89 Å². The van der Waals surface area contributed by atoms with Crippen LogP contribution in [0.5, 0.6) is 5.75 Å². The number of para-hydroxylation sites is 1. The summed E-state index contributed by atoms with van der Waals surface area (Å²) in [6.07, 6.45) is -0.639. The predicted octanol–water partition coefficient (Wildman–Crippen LogP) is 5.44. The third-order valence-corrected chi connectivity index (χ3v) is 5.12. The first-order valence-electron chi connectivity index (χ1n) is 10.4. The highest BCUT2D eigenvalue weighted by atomic mass is 16.5. The first-order chi connectivity index (χ1) is 15.0. The summed E-state index contributed by atoms with van der Waals surface area (Å²) in [7, 11) is 0. The molecule has 0 aliphatic rings. The van der Waals surface area contributed by atoms with Crippen LogP contribution in [0.15, 0.2) is 77.2 Å². The molecule has 31 heavy (non-hydrogen) atoms. The van der Waals surface area contributed by atoms with E-state index in [2.05, 4.69) is 4.98 Å². The molecule has 0 N–H and O–H groups in total. The van der Waals surface area contributed by atoms with Gasteiger partial charge in [0.25, 0.3) is 5.91 Å². The number of ether oxygens (including phenoxy) is 1. The average Bonchev–Trinajstić information content (AvgIpc) is 3.16. The molecule has 1 heterocycles. The molecule has 5 nitrogen and oxygen atoms in total. The highest BCUT2D eigenvalue weighted by Gasteiger charge is 2.24. The Kier molecular flexibility index (Phi) is 6.03. The zero-order valence-corrected chi connectivity index (χ0v) is 18.0. The van der Waals surface area contributed by atoms with E-state index < -0.39 is 6.10 Å². The van der Waals surface area contributed by atoms with Crippen molar-refractivity contribution in [1.82, 2.24) is 9.88 Å². The molecule has 0 spiro atoms. The van der Waals surface area contributed by atoms with Gasteiger partial charge in [-0.15, -0.1) is 0 Å². The molecule has 0 radical (unpaired) electrons. The van der Waals surface area contributed by atoms with Gasteiger partial charge in [-0.1, -0.05) is 54.1 Å². The number of nitrogens with zero attached hydrogens (tertiary/aromatic N) is 2. The Morgan fingerprint density at radius 3 is 2.42 bits per heavy atom. The van der Waals surface area contributed by atoms with Crippen molar-refractivity contribution in [3.8, 4) is 5.75 Å². The zero-order chi connectivity index (χ0) is 21.8. The van der Waals surface area contributed by atoms with E-state index in [0.717, 1.165) is 22.2 Å². The minimum absolute atomic E-state index is 0.122. The van der Waals surface area contributed by atoms with Gasteiger partial charge in [0.15, 0.2) is 11.7 Å². The van der Waals surface area contributed by atoms with E-state index in [1.165, 1.54) is 5.56 Å². The summed E-state index contributed by atoms with van der Waals surface area (Å²) >= 11 is 0. The maximum absolute atomic E-state index is 13.3. The third-order valence-electron chi connectivity index (χ3n) is 5.12. The number of oxazole rings is 1. The maximum atomic E-state index is 13.3. The fourth-order valence-corrected chi connectivity index (χ4v) is 3.45. The number of hydrogen-bond donors (Lipinski definition) is 0. The van der Waals surface area contributed by atoms with Crippen LogP contribution in [0.1, 0.15) is 29.5 Å². The Hall–Kier alpha value is -3.60. The number of hydrogen-bond acceptors (Lipinski definition) is 4. The molecule has 1 aromatic heterocycles. The first-order valence-corrected chi connectivity index (χ1v) is 10.4. The van der Waals surface area contributed by atoms with Crippen molar-refractivity contribution in [2.24, 2.45) is 0 Å². The molecule has 1 atom stereocenters. The van der Waals surface area contributed by atoms with Crippen LogP contribution >= 0.6 is 0 Å². The van der Waals surface area contributed by atoms with E-state index >= 15 is 0 Å². The number of aromatic nitrogens is 1. The van der Waals surface area contributed by atoms with Crippen molar-refractivity contribution in [2.45, 2.75) is 40.0 Å². The molecular weight excluding hydrogens is 388 g/mol. The summed E-state index contributed by atoms with van der Waals surface area (Å²) in [6.45, 7) is 6.54. The Labute approximate surface area is 182 Å². The van der Waals surface area contributed by atoms with Crippen molar-refractivity contribution < 1.29 is 13.9 Å². The maximum Gasteiger partial charge on any atom is 0.264 e. The average molecular weight is 415 g/mol. The topological polar surface area (TPSA) is 55.6 Å². The van der Waals surface area contributed by atoms with Crippen LogP contribution in [-0.4, -0.2) is 21.9 Å². The quantitative estimate of drug-likeness (QED) is 0.404. The minimum Gasteiger partial charge on any atom is -0.481 e. The van der Waals surface area contributed by atoms with E-state index in [0.29, 0.717) is 18.2 Å². The molecule has 1 amide bonds. The molecule has 5 heteroatoms. The van der Waals surface area contributed by atoms with Gasteiger partial charge < -0.3 is 14.1 Å². The molecule has 3 aromatic carbocycles. The molecule has 0 saturated carbocycles. The van der Waals surface area contributed by atoms with E-state index in [-0.39, 0.29) is 12.5 Å². The second-order valence-corrected chi connectivity index (χ2v) is 7.83. The largest absolute Gasteiger partial charge is 0.481 e. The van der Waals surface area contributed by atoms with Crippen LogP contribution in [0.25, 0.3) is 11.1 Å². The standard InChI is InChI=1S/C26H26N2O3/c1-18-9-12-21(13-10-18)16-28(26(29)20(3)30-22-7-5-4-6-8-22)17-25-27-23-15-19(2)11-14-24(23)31-25/h4-15,20H,16-17H2,1-3H3. The van der Waals surface area contributed by atoms with Gasteiger partial charge in [-0.3, -0.25) is 4.79 Å². The summed E-state index contributed by atoms with van der Waals surface area (Å²) in [6, 6.07) is 23.4. The van der Waals surface area contributed by atoms with Gasteiger partial charge in [0, 0.05) is 6.54 Å². The number of carbonyl (C=O) groups excluding carboxylic acids is 1. The van der Waals surface area contributed by atoms with Crippen molar-refractivity contribution in [2.75, 3.05) is 0 Å². The first kappa shape index (κ1) is 20.7. The Balaban J connectivity index is 1.57. The molecule has 0 fully saturated rings. The molecule has 0 aliphatic heterocycles. The minimum atomic E-state index is -0.639. The van der Waals surface area contributed by atoms with Crippen LogP contribution < -0.4 is 4.74 Å². The van der Waals surface area contributed by atoms with Gasteiger partial charge in [-0.2, -0.15) is 0 Å². The van der Waals surface area contributed by atoms with Crippen LogP contribution in [0.4, 0.5) is 0 Å². The number of aryl methyl sites for hydroxylation is 2. The summed E-state index contributed by atoms with van der Waals surface area (Å²) in [4.78, 5) is 19.6. The lowest BCUT2D eigenvalue weighted by Gasteiger charge is -2.25. The van der Waals surface area contributed by atoms with Gasteiger partial charge in [-0.05, 0) is 56.2 Å². The van der Waals surface area contributed by atoms with Gasteiger partial charge >= 0.3 is 0 Å². The van der Waals surface area contributed by atoms with Gasteiger partial charge in [0.1, 0.15) is 11.3 Å². The third kappa shape index (κ3) is 5.12. The van der Waals surface area contributed by atoms with Crippen LogP contribution in [0.3, 0.4) is 0 Å². The smallest absolute Gasteiger partial charge is 0.264 e. The molecule has 4 aromatic rings. The van der Waals surface area contributed by atoms with Gasteiger partial charge in [-0.25, -0.2) is 4.98 Å². The molecule has 0 bridgehead atoms. The highest BCUT2D eigenvalue weighted by Crippen LogP contribution is 2.20. The number of rotatable bonds is 7. The lowest BCUT2D eigenvalue weighted by atomic mass is 10.1. The molecule has 4 rings (SSSR count). The Bertz CT molecular complexity index is 1170. The highest BCUT2D eigenvalue weighted by molar-refractivity contribution is 5.81. The fourth-order valence-electron chi connectivity index (χ4n) is 3.45. The lowest BCUT2D eigenvalue weighted by Crippen LogP contribution is -2.39. The van der Waals surface area contributed by atoms with E-state index in [1.807, 2.05) is 86.6 Å².